The van der Waals surface area contributed by atoms with Gasteiger partial charge in [-0.25, -0.2) is 9.29 Å². The van der Waals surface area contributed by atoms with E-state index < -0.39 is 12.7 Å². The zero-order valence-electron chi connectivity index (χ0n) is 15.3. The van der Waals surface area contributed by atoms with Crippen LogP contribution in [-0.2, 0) is 0 Å². The van der Waals surface area contributed by atoms with Gasteiger partial charge in [0.2, 0.25) is 0 Å². The standard InChI is InChI=1S/C21H24F3NO2/c1-26-18-7-9-19(10-8-18)27-14-17-13-25(21(23,24)15-22)12-11-20(17)16-5-3-2-4-6-16/h2-10,17,20H,11-15H2,1H3/t17-,20+/m1/s1. The largest absolute Gasteiger partial charge is 0.497 e. The summed E-state index contributed by atoms with van der Waals surface area (Å²) >= 11 is 0. The van der Waals surface area contributed by atoms with Crippen molar-refractivity contribution in [1.82, 2.24) is 4.90 Å². The molecule has 2 aromatic carbocycles. The summed E-state index contributed by atoms with van der Waals surface area (Å²) in [4.78, 5) is 0.939. The molecule has 0 aromatic heterocycles. The van der Waals surface area contributed by atoms with Gasteiger partial charge in [0, 0.05) is 19.0 Å². The number of methoxy groups -OCH3 is 1. The summed E-state index contributed by atoms with van der Waals surface area (Å²) in [5.74, 6) is 1.30. The molecule has 0 saturated carbocycles. The first-order valence-electron chi connectivity index (χ1n) is 9.04. The third kappa shape index (κ3) is 4.75. The number of hydrogen-bond acceptors (Lipinski definition) is 3. The van der Waals surface area contributed by atoms with Crippen molar-refractivity contribution in [2.24, 2.45) is 5.92 Å². The van der Waals surface area contributed by atoms with Gasteiger partial charge in [0.1, 0.15) is 11.5 Å². The molecule has 2 aromatic rings. The minimum absolute atomic E-state index is 0.0899. The average Bonchev–Trinajstić information content (AvgIpc) is 2.73. The molecule has 0 aliphatic carbocycles. The van der Waals surface area contributed by atoms with Crippen LogP contribution in [0.2, 0.25) is 0 Å². The molecule has 0 bridgehead atoms. The van der Waals surface area contributed by atoms with Crippen molar-refractivity contribution in [1.29, 1.82) is 0 Å². The second-order valence-electron chi connectivity index (χ2n) is 6.80. The Labute approximate surface area is 157 Å². The SMILES string of the molecule is COc1ccc(OC[C@H]2CN(C(F)(F)CF)CC[C@H]2c2ccccc2)cc1. The topological polar surface area (TPSA) is 21.7 Å². The fraction of sp³-hybridized carbons (Fsp3) is 0.429. The van der Waals surface area contributed by atoms with Gasteiger partial charge in [0.25, 0.3) is 0 Å². The number of hydrogen-bond donors (Lipinski definition) is 0. The number of likely N-dealkylation sites (tertiary alicyclic amines) is 1. The van der Waals surface area contributed by atoms with Gasteiger partial charge in [-0.15, -0.1) is 0 Å². The van der Waals surface area contributed by atoms with E-state index in [9.17, 15) is 13.2 Å². The highest BCUT2D eigenvalue weighted by Crippen LogP contribution is 2.37. The lowest BCUT2D eigenvalue weighted by Crippen LogP contribution is -2.51. The molecule has 0 radical (unpaired) electrons. The van der Waals surface area contributed by atoms with E-state index in [0.29, 0.717) is 12.2 Å². The normalized spacial score (nSPS) is 21.0. The number of piperidine rings is 1. The zero-order chi connectivity index (χ0) is 19.3. The van der Waals surface area contributed by atoms with Crippen molar-refractivity contribution < 1.29 is 22.6 Å². The van der Waals surface area contributed by atoms with Crippen LogP contribution in [0.1, 0.15) is 17.9 Å². The smallest absolute Gasteiger partial charge is 0.333 e. The van der Waals surface area contributed by atoms with Gasteiger partial charge < -0.3 is 9.47 Å². The van der Waals surface area contributed by atoms with Crippen LogP contribution in [0.4, 0.5) is 13.2 Å². The number of halogens is 3. The molecule has 1 heterocycles. The first-order chi connectivity index (χ1) is 13.0. The molecule has 0 unspecified atom stereocenters. The molecule has 146 valence electrons. The minimum Gasteiger partial charge on any atom is -0.497 e. The molecule has 6 heteroatoms. The second kappa shape index (κ2) is 8.65. The molecule has 1 saturated heterocycles. The zero-order valence-corrected chi connectivity index (χ0v) is 15.3. The molecular weight excluding hydrogens is 355 g/mol. The van der Waals surface area contributed by atoms with E-state index in [2.05, 4.69) is 0 Å². The highest BCUT2D eigenvalue weighted by atomic mass is 19.3. The number of ether oxygens (including phenoxy) is 2. The molecule has 1 aliphatic heterocycles. The maximum absolute atomic E-state index is 13.9. The van der Waals surface area contributed by atoms with Gasteiger partial charge in [-0.3, -0.25) is 0 Å². The fourth-order valence-corrected chi connectivity index (χ4v) is 3.60. The molecule has 1 aliphatic rings. The molecular formula is C21H24F3NO2. The van der Waals surface area contributed by atoms with Gasteiger partial charge in [0.15, 0.2) is 6.67 Å². The Morgan fingerprint density at radius 3 is 2.33 bits per heavy atom. The Kier molecular flexibility index (Phi) is 6.26. The quantitative estimate of drug-likeness (QED) is 0.649. The van der Waals surface area contributed by atoms with Gasteiger partial charge in [-0.05, 0) is 42.2 Å². The molecule has 3 nitrogen and oxygen atoms in total. The first kappa shape index (κ1) is 19.5. The molecule has 0 spiro atoms. The molecule has 0 amide bonds. The summed E-state index contributed by atoms with van der Waals surface area (Å²) in [5, 5.41) is 0. The minimum atomic E-state index is -3.43. The van der Waals surface area contributed by atoms with E-state index in [1.807, 2.05) is 30.3 Å². The molecule has 3 rings (SSSR count). The van der Waals surface area contributed by atoms with Crippen molar-refractivity contribution in [3.05, 3.63) is 60.2 Å². The monoisotopic (exact) mass is 379 g/mol. The summed E-state index contributed by atoms with van der Waals surface area (Å²) in [6.07, 6.45) is 0.538. The van der Waals surface area contributed by atoms with Crippen LogP contribution in [-0.4, -0.2) is 44.4 Å². The van der Waals surface area contributed by atoms with E-state index in [0.717, 1.165) is 16.2 Å². The molecule has 0 N–H and O–H groups in total. The van der Waals surface area contributed by atoms with Crippen molar-refractivity contribution in [3.8, 4) is 11.5 Å². The fourth-order valence-electron chi connectivity index (χ4n) is 3.60. The summed E-state index contributed by atoms with van der Waals surface area (Å²) in [6, 6.07) is 13.5. The molecule has 2 atom stereocenters. The summed E-state index contributed by atoms with van der Waals surface area (Å²) in [5.41, 5.74) is 1.10. The summed E-state index contributed by atoms with van der Waals surface area (Å²) in [6.45, 7) is -1.14. The number of alkyl halides is 3. The van der Waals surface area contributed by atoms with Gasteiger partial charge in [-0.1, -0.05) is 30.3 Å². The predicted octanol–water partition coefficient (Wildman–Crippen LogP) is 4.74. The first-order valence-corrected chi connectivity index (χ1v) is 9.04. The maximum atomic E-state index is 13.9. The van der Waals surface area contributed by atoms with E-state index in [1.54, 1.807) is 31.4 Å². The van der Waals surface area contributed by atoms with Crippen LogP contribution >= 0.6 is 0 Å². The molecule has 1 fully saturated rings. The Balaban J connectivity index is 1.74. The van der Waals surface area contributed by atoms with Crippen molar-refractivity contribution in [3.63, 3.8) is 0 Å². The van der Waals surface area contributed by atoms with Crippen LogP contribution in [0.15, 0.2) is 54.6 Å². The Morgan fingerprint density at radius 2 is 1.70 bits per heavy atom. The lowest BCUT2D eigenvalue weighted by atomic mass is 9.80. The predicted molar refractivity (Wildman–Crippen MR) is 98.3 cm³/mol. The van der Waals surface area contributed by atoms with Crippen LogP contribution in [0.25, 0.3) is 0 Å². The lowest BCUT2D eigenvalue weighted by molar-refractivity contribution is -0.173. The van der Waals surface area contributed by atoms with E-state index in [-0.39, 0.29) is 31.5 Å². The van der Waals surface area contributed by atoms with Crippen LogP contribution in [0.3, 0.4) is 0 Å². The van der Waals surface area contributed by atoms with Crippen LogP contribution in [0.5, 0.6) is 11.5 Å². The van der Waals surface area contributed by atoms with Crippen LogP contribution < -0.4 is 9.47 Å². The highest BCUT2D eigenvalue weighted by molar-refractivity contribution is 5.31. The maximum Gasteiger partial charge on any atom is 0.333 e. The van der Waals surface area contributed by atoms with Gasteiger partial charge >= 0.3 is 6.05 Å². The Morgan fingerprint density at radius 1 is 1.04 bits per heavy atom. The second-order valence-corrected chi connectivity index (χ2v) is 6.80. The Bertz CT molecular complexity index is 709. The van der Waals surface area contributed by atoms with Crippen molar-refractivity contribution >= 4 is 0 Å². The van der Waals surface area contributed by atoms with Crippen molar-refractivity contribution in [2.75, 3.05) is 33.5 Å². The molecule has 27 heavy (non-hydrogen) atoms. The van der Waals surface area contributed by atoms with Gasteiger partial charge in [-0.2, -0.15) is 8.78 Å². The average molecular weight is 379 g/mol. The summed E-state index contributed by atoms with van der Waals surface area (Å²) in [7, 11) is 1.59. The number of nitrogens with zero attached hydrogens (tertiary/aromatic N) is 1. The number of rotatable bonds is 7. The van der Waals surface area contributed by atoms with E-state index in [1.165, 1.54) is 0 Å². The Hall–Kier alpha value is -2.21. The third-order valence-corrected chi connectivity index (χ3v) is 5.11. The van der Waals surface area contributed by atoms with E-state index in [4.69, 9.17) is 9.47 Å². The van der Waals surface area contributed by atoms with Crippen LogP contribution in [0, 0.1) is 5.92 Å². The summed E-state index contributed by atoms with van der Waals surface area (Å²) < 4.78 is 51.6. The van der Waals surface area contributed by atoms with Crippen molar-refractivity contribution in [2.45, 2.75) is 18.4 Å². The number of benzene rings is 2. The van der Waals surface area contributed by atoms with E-state index >= 15 is 0 Å². The third-order valence-electron chi connectivity index (χ3n) is 5.11. The highest BCUT2D eigenvalue weighted by Gasteiger charge is 2.43. The van der Waals surface area contributed by atoms with Gasteiger partial charge in [0.05, 0.1) is 13.7 Å². The lowest BCUT2D eigenvalue weighted by Gasteiger charge is -2.41.